The Labute approximate surface area is 112 Å². The molecule has 0 amide bonds. The highest BCUT2D eigenvalue weighted by molar-refractivity contribution is 7.99. The molecule has 0 aromatic heterocycles. The molecule has 4 heteroatoms. The highest BCUT2D eigenvalue weighted by atomic mass is 35.5. The van der Waals surface area contributed by atoms with E-state index in [2.05, 4.69) is 17.4 Å². The minimum Gasteiger partial charge on any atom is -0.381 e. The van der Waals surface area contributed by atoms with Crippen LogP contribution in [-0.4, -0.2) is 32.1 Å². The second kappa shape index (κ2) is 6.64. The van der Waals surface area contributed by atoms with Gasteiger partial charge in [0.25, 0.3) is 0 Å². The summed E-state index contributed by atoms with van der Waals surface area (Å²) in [5.74, 6) is 1.73. The molecular formula is C13H18ClNOS. The lowest BCUT2D eigenvalue weighted by molar-refractivity contribution is 0.180. The van der Waals surface area contributed by atoms with Gasteiger partial charge in [0.15, 0.2) is 0 Å². The van der Waals surface area contributed by atoms with Crippen molar-refractivity contribution in [1.29, 1.82) is 0 Å². The summed E-state index contributed by atoms with van der Waals surface area (Å²) >= 11 is 7.74. The van der Waals surface area contributed by atoms with Crippen molar-refractivity contribution in [2.45, 2.75) is 17.4 Å². The topological polar surface area (TPSA) is 21.3 Å². The van der Waals surface area contributed by atoms with Crippen LogP contribution in [0.3, 0.4) is 0 Å². The summed E-state index contributed by atoms with van der Waals surface area (Å²) in [6, 6.07) is 8.56. The molecule has 0 spiro atoms. The van der Waals surface area contributed by atoms with Crippen molar-refractivity contribution >= 4 is 23.4 Å². The van der Waals surface area contributed by atoms with E-state index < -0.39 is 0 Å². The average Bonchev–Trinajstić information content (AvgIpc) is 2.86. The third-order valence-electron chi connectivity index (χ3n) is 3.15. The second-order valence-electron chi connectivity index (χ2n) is 4.28. The Morgan fingerprint density at radius 3 is 2.82 bits per heavy atom. The molecule has 1 aliphatic rings. The minimum atomic E-state index is 0.526. The van der Waals surface area contributed by atoms with Crippen LogP contribution in [0.4, 0.5) is 0 Å². The zero-order valence-corrected chi connectivity index (χ0v) is 11.6. The summed E-state index contributed by atoms with van der Waals surface area (Å²) in [4.78, 5) is 1.27. The van der Waals surface area contributed by atoms with Gasteiger partial charge in [0, 0.05) is 34.2 Å². The van der Waals surface area contributed by atoms with Gasteiger partial charge in [0.2, 0.25) is 0 Å². The Morgan fingerprint density at radius 2 is 2.24 bits per heavy atom. The normalized spacial score (nSPS) is 21.6. The van der Waals surface area contributed by atoms with E-state index in [1.165, 1.54) is 11.3 Å². The third kappa shape index (κ3) is 3.88. The lowest BCUT2D eigenvalue weighted by Crippen LogP contribution is -2.36. The molecule has 17 heavy (non-hydrogen) atoms. The quantitative estimate of drug-likeness (QED) is 0.832. The maximum Gasteiger partial charge on any atom is 0.0510 e. The molecule has 0 saturated carbocycles. The van der Waals surface area contributed by atoms with Gasteiger partial charge in [-0.1, -0.05) is 11.6 Å². The molecule has 1 saturated heterocycles. The summed E-state index contributed by atoms with van der Waals surface area (Å²) < 4.78 is 5.44. The van der Waals surface area contributed by atoms with E-state index in [4.69, 9.17) is 16.3 Å². The first kappa shape index (κ1) is 13.2. The number of halogens is 1. The van der Waals surface area contributed by atoms with Gasteiger partial charge in [-0.25, -0.2) is 0 Å². The molecule has 1 N–H and O–H groups in total. The molecule has 2 nitrogen and oxygen atoms in total. The number of ether oxygens (including phenoxy) is 1. The Kier molecular flexibility index (Phi) is 5.16. The maximum atomic E-state index is 5.87. The van der Waals surface area contributed by atoms with E-state index in [0.717, 1.165) is 24.0 Å². The monoisotopic (exact) mass is 271 g/mol. The van der Waals surface area contributed by atoms with Crippen molar-refractivity contribution in [2.24, 2.45) is 5.92 Å². The number of thioether (sulfide) groups is 1. The fraction of sp³-hybridized carbons (Fsp3) is 0.538. The first-order valence-corrected chi connectivity index (χ1v) is 7.29. The van der Waals surface area contributed by atoms with Crippen molar-refractivity contribution < 1.29 is 4.74 Å². The number of hydrogen-bond donors (Lipinski definition) is 1. The van der Waals surface area contributed by atoms with Crippen molar-refractivity contribution in [1.82, 2.24) is 5.32 Å². The van der Waals surface area contributed by atoms with Gasteiger partial charge in [0.1, 0.15) is 0 Å². The van der Waals surface area contributed by atoms with Crippen LogP contribution >= 0.6 is 23.4 Å². The Hall–Kier alpha value is -0.220. The summed E-state index contributed by atoms with van der Waals surface area (Å²) in [5, 5.41) is 4.19. The SMILES string of the molecule is CNC(CSc1ccc(Cl)cc1)C1CCOC1. The molecule has 1 heterocycles. The van der Waals surface area contributed by atoms with E-state index in [1.807, 2.05) is 30.9 Å². The van der Waals surface area contributed by atoms with E-state index in [0.29, 0.717) is 12.0 Å². The molecule has 94 valence electrons. The predicted molar refractivity (Wildman–Crippen MR) is 73.9 cm³/mol. The van der Waals surface area contributed by atoms with Crippen molar-refractivity contribution in [3.05, 3.63) is 29.3 Å². The van der Waals surface area contributed by atoms with Crippen LogP contribution in [0.1, 0.15) is 6.42 Å². The van der Waals surface area contributed by atoms with E-state index in [1.54, 1.807) is 0 Å². The molecule has 1 aromatic carbocycles. The molecule has 2 unspecified atom stereocenters. The summed E-state index contributed by atoms with van der Waals surface area (Å²) in [6.07, 6.45) is 1.17. The van der Waals surface area contributed by atoms with Gasteiger partial charge in [0.05, 0.1) is 6.61 Å². The number of rotatable bonds is 5. The van der Waals surface area contributed by atoms with Crippen molar-refractivity contribution in [3.8, 4) is 0 Å². The maximum absolute atomic E-state index is 5.87. The summed E-state index contributed by atoms with van der Waals surface area (Å²) in [5.41, 5.74) is 0. The summed E-state index contributed by atoms with van der Waals surface area (Å²) in [6.45, 7) is 1.81. The smallest absolute Gasteiger partial charge is 0.0510 e. The Bertz CT molecular complexity index is 338. The molecular weight excluding hydrogens is 254 g/mol. The lowest BCUT2D eigenvalue weighted by Gasteiger charge is -2.21. The Morgan fingerprint density at radius 1 is 1.47 bits per heavy atom. The van der Waals surface area contributed by atoms with E-state index in [-0.39, 0.29) is 0 Å². The molecule has 2 rings (SSSR count). The van der Waals surface area contributed by atoms with Crippen LogP contribution in [0, 0.1) is 5.92 Å². The number of hydrogen-bond acceptors (Lipinski definition) is 3. The molecule has 0 radical (unpaired) electrons. The minimum absolute atomic E-state index is 0.526. The molecule has 1 aliphatic heterocycles. The van der Waals surface area contributed by atoms with Crippen LogP contribution in [0.5, 0.6) is 0 Å². The molecule has 1 fully saturated rings. The largest absolute Gasteiger partial charge is 0.381 e. The van der Waals surface area contributed by atoms with Gasteiger partial charge < -0.3 is 10.1 Å². The van der Waals surface area contributed by atoms with Gasteiger partial charge in [-0.2, -0.15) is 0 Å². The van der Waals surface area contributed by atoms with Gasteiger partial charge >= 0.3 is 0 Å². The first-order valence-electron chi connectivity index (χ1n) is 5.93. The van der Waals surface area contributed by atoms with Crippen molar-refractivity contribution in [3.63, 3.8) is 0 Å². The molecule has 0 aliphatic carbocycles. The number of nitrogens with one attached hydrogen (secondary N) is 1. The van der Waals surface area contributed by atoms with Crippen LogP contribution in [0.15, 0.2) is 29.2 Å². The fourth-order valence-corrected chi connectivity index (χ4v) is 3.31. The zero-order valence-electron chi connectivity index (χ0n) is 9.99. The third-order valence-corrected chi connectivity index (χ3v) is 4.53. The van der Waals surface area contributed by atoms with Crippen LogP contribution in [-0.2, 0) is 4.74 Å². The summed E-state index contributed by atoms with van der Waals surface area (Å²) in [7, 11) is 2.03. The van der Waals surface area contributed by atoms with Crippen LogP contribution < -0.4 is 5.32 Å². The standard InChI is InChI=1S/C13H18ClNOS/c1-15-13(10-6-7-16-8-10)9-17-12-4-2-11(14)3-5-12/h2-5,10,13,15H,6-9H2,1H3. The van der Waals surface area contributed by atoms with Crippen LogP contribution in [0.2, 0.25) is 5.02 Å². The lowest BCUT2D eigenvalue weighted by atomic mass is 10.0. The highest BCUT2D eigenvalue weighted by Crippen LogP contribution is 2.25. The average molecular weight is 272 g/mol. The fourth-order valence-electron chi connectivity index (χ4n) is 2.04. The predicted octanol–water partition coefficient (Wildman–Crippen LogP) is 3.06. The molecule has 0 bridgehead atoms. The van der Waals surface area contributed by atoms with Gasteiger partial charge in [-0.3, -0.25) is 0 Å². The van der Waals surface area contributed by atoms with Gasteiger partial charge in [-0.05, 0) is 37.7 Å². The number of benzene rings is 1. The molecule has 1 aromatic rings. The van der Waals surface area contributed by atoms with Crippen LogP contribution in [0.25, 0.3) is 0 Å². The van der Waals surface area contributed by atoms with Crippen molar-refractivity contribution in [2.75, 3.05) is 26.0 Å². The van der Waals surface area contributed by atoms with E-state index in [9.17, 15) is 0 Å². The Balaban J connectivity index is 1.84. The van der Waals surface area contributed by atoms with E-state index >= 15 is 0 Å². The highest BCUT2D eigenvalue weighted by Gasteiger charge is 2.24. The zero-order chi connectivity index (χ0) is 12.1. The molecule has 2 atom stereocenters. The van der Waals surface area contributed by atoms with Gasteiger partial charge in [-0.15, -0.1) is 11.8 Å². The second-order valence-corrected chi connectivity index (χ2v) is 5.81. The first-order chi connectivity index (χ1) is 8.29.